The lowest BCUT2D eigenvalue weighted by molar-refractivity contribution is 0.398. The van der Waals surface area contributed by atoms with Crippen LogP contribution in [0.1, 0.15) is 246 Å². The van der Waals surface area contributed by atoms with Gasteiger partial charge in [-0.3, -0.25) is 0 Å². The van der Waals surface area contributed by atoms with Crippen molar-refractivity contribution in [3.63, 3.8) is 0 Å². The fraction of sp³-hybridized carbons (Fsp3) is 0.333. The number of nitrogens with zero attached hydrogens (tertiary/aromatic N) is 4. The summed E-state index contributed by atoms with van der Waals surface area (Å²) >= 11 is 0. The van der Waals surface area contributed by atoms with Crippen LogP contribution in [-0.2, 0) is 10.8 Å². The third-order valence-electron chi connectivity index (χ3n) is 27.2. The fourth-order valence-electron chi connectivity index (χ4n) is 20.0. The van der Waals surface area contributed by atoms with Gasteiger partial charge in [0.15, 0.2) is 0 Å². The van der Waals surface area contributed by atoms with Crippen LogP contribution in [-0.4, -0.2) is 14.1 Å². The van der Waals surface area contributed by atoms with Crippen LogP contribution in [0.5, 0.6) is 0 Å². The maximum atomic E-state index is 2.63. The lowest BCUT2D eigenvalue weighted by Crippen LogP contribution is -2.25. The van der Waals surface area contributed by atoms with Gasteiger partial charge in [0.25, 0.3) is 0 Å². The van der Waals surface area contributed by atoms with E-state index in [4.69, 9.17) is 0 Å². The molecule has 0 radical (unpaired) electrons. The van der Waals surface area contributed by atoms with Crippen molar-refractivity contribution in [3.05, 3.63) is 336 Å². The molecule has 121 heavy (non-hydrogen) atoms. The Balaban J connectivity index is 0.702. The summed E-state index contributed by atoms with van der Waals surface area (Å²) in [6.07, 6.45) is 35.7. The largest absolute Gasteiger partial charge is 0.345 e. The predicted molar refractivity (Wildman–Crippen MR) is 525 cm³/mol. The van der Waals surface area contributed by atoms with Crippen LogP contribution in [0.4, 0.5) is 56.9 Å². The molecule has 0 aromatic heterocycles. The summed E-state index contributed by atoms with van der Waals surface area (Å²) < 4.78 is 0. The summed E-state index contributed by atoms with van der Waals surface area (Å²) in [5.41, 5.74) is 37.2. The summed E-state index contributed by atoms with van der Waals surface area (Å²) in [6.45, 7) is 15.8. The molecular formula is C117H132N4. The van der Waals surface area contributed by atoms with Crippen LogP contribution in [0.3, 0.4) is 0 Å². The van der Waals surface area contributed by atoms with Gasteiger partial charge in [-0.05, 0) is 281 Å². The van der Waals surface area contributed by atoms with Crippen LogP contribution in [0.15, 0.2) is 297 Å². The molecule has 0 saturated heterocycles. The zero-order chi connectivity index (χ0) is 83.5. The van der Waals surface area contributed by atoms with E-state index in [0.29, 0.717) is 0 Å². The molecular weight excluding hydrogens is 1460 g/mol. The van der Waals surface area contributed by atoms with Gasteiger partial charge >= 0.3 is 0 Å². The first-order valence-electron chi connectivity index (χ1n) is 46.8. The third-order valence-corrected chi connectivity index (χ3v) is 27.2. The maximum absolute atomic E-state index is 2.63. The van der Waals surface area contributed by atoms with Crippen molar-refractivity contribution in [2.75, 3.05) is 33.7 Å². The molecule has 13 aromatic carbocycles. The highest BCUT2D eigenvalue weighted by molar-refractivity contribution is 5.90. The van der Waals surface area contributed by atoms with Gasteiger partial charge < -0.3 is 19.6 Å². The standard InChI is InChI=1S/C117H132N4/c1-10-14-18-22-26-33-79-116(80-34-27-23-19-15-11-2)112-83-94(90-37-31-30-32-38-90)51-75-108(112)109-76-52-95(84-113(109)116)91-45-61-99(62-46-91)119(9)101-69-73-107(74-70-101)121(103-59-43-89(7)44-60-103)105-65-49-93(50-66-105)97-54-78-111-110-77-53-96(85-114(110)117(115(111)86-97,81-35-28-24-20-16-12-3)82-36-29-25-21-17-13-4)92-47-63-104(64-48-92)120(102-57-41-88(6)42-58-102)106-71-67-100(68-72-106)118(8)98-55-39-87(5)40-56-98/h30-32,37-78,83-86H,10-29,33-36,79-82H2,1-9H3. The molecule has 0 saturated carbocycles. The van der Waals surface area contributed by atoms with Crippen molar-refractivity contribution in [3.8, 4) is 66.8 Å². The lowest BCUT2D eigenvalue weighted by Gasteiger charge is -2.33. The molecule has 0 bridgehead atoms. The second kappa shape index (κ2) is 40.6. The minimum atomic E-state index is -0.112. The molecule has 13 aromatic rings. The molecule has 2 aliphatic rings. The summed E-state index contributed by atoms with van der Waals surface area (Å²) in [5.74, 6) is 0. The molecule has 2 aliphatic carbocycles. The Hall–Kier alpha value is -10.9. The second-order valence-electron chi connectivity index (χ2n) is 35.6. The van der Waals surface area contributed by atoms with E-state index in [0.717, 1.165) is 64.0 Å². The fourth-order valence-corrected chi connectivity index (χ4v) is 20.0. The number of anilines is 10. The number of rotatable bonds is 42. The van der Waals surface area contributed by atoms with E-state index in [1.807, 2.05) is 0 Å². The van der Waals surface area contributed by atoms with Gasteiger partial charge in [-0.2, -0.15) is 0 Å². The zero-order valence-electron chi connectivity index (χ0n) is 74.4. The van der Waals surface area contributed by atoms with Crippen molar-refractivity contribution in [1.82, 2.24) is 0 Å². The normalized spacial score (nSPS) is 12.7. The van der Waals surface area contributed by atoms with Crippen molar-refractivity contribution in [2.24, 2.45) is 0 Å². The quantitative estimate of drug-likeness (QED) is 0.0354. The Morgan fingerprint density at radius 1 is 0.190 bits per heavy atom. The van der Waals surface area contributed by atoms with E-state index >= 15 is 0 Å². The summed E-state index contributed by atoms with van der Waals surface area (Å²) in [7, 11) is 4.37. The molecule has 0 N–H and O–H groups in total. The van der Waals surface area contributed by atoms with Crippen LogP contribution in [0.2, 0.25) is 0 Å². The highest BCUT2D eigenvalue weighted by atomic mass is 15.2. The molecule has 0 fully saturated rings. The number of hydrogen-bond donors (Lipinski definition) is 0. The van der Waals surface area contributed by atoms with E-state index in [-0.39, 0.29) is 10.8 Å². The topological polar surface area (TPSA) is 13.0 Å². The van der Waals surface area contributed by atoms with Crippen molar-refractivity contribution in [1.29, 1.82) is 0 Å². The predicted octanol–water partition coefficient (Wildman–Crippen LogP) is 35.3. The Morgan fingerprint density at radius 2 is 0.380 bits per heavy atom. The van der Waals surface area contributed by atoms with Crippen molar-refractivity contribution < 1.29 is 0 Å². The molecule has 4 nitrogen and oxygen atoms in total. The first kappa shape index (κ1) is 85.1. The Kier molecular flexibility index (Phi) is 28.6. The number of aryl methyl sites for hydroxylation is 3. The maximum Gasteiger partial charge on any atom is 0.0463 e. The monoisotopic (exact) mass is 1590 g/mol. The van der Waals surface area contributed by atoms with Gasteiger partial charge in [0.1, 0.15) is 0 Å². The molecule has 0 heterocycles. The molecule has 620 valence electrons. The second-order valence-corrected chi connectivity index (χ2v) is 35.6. The van der Waals surface area contributed by atoms with Gasteiger partial charge in [0, 0.05) is 81.8 Å². The first-order valence-corrected chi connectivity index (χ1v) is 46.8. The van der Waals surface area contributed by atoms with Crippen molar-refractivity contribution >= 4 is 56.9 Å². The van der Waals surface area contributed by atoms with Gasteiger partial charge in [0.05, 0.1) is 0 Å². The third kappa shape index (κ3) is 19.5. The molecule has 15 rings (SSSR count). The lowest BCUT2D eigenvalue weighted by atomic mass is 9.70. The molecule has 0 amide bonds. The zero-order valence-corrected chi connectivity index (χ0v) is 74.4. The molecule has 0 aliphatic heterocycles. The summed E-state index contributed by atoms with van der Waals surface area (Å²) in [4.78, 5) is 9.43. The SMILES string of the molecule is CCCCCCCCC1(CCCCCCCC)c2cc(-c3ccccc3)ccc2-c2ccc(-c3ccc(N(C)c4ccc(N(c5ccc(C)cc5)c5ccc(-c6ccc7c(c6)C(CCCCCCCC)(CCCCCCCC)c6cc(-c8ccc(N(c9ccc(C)cc9)c9ccc(N(C)c%10ccc(C)cc%10)cc9)cc8)ccc6-7)cc5)cc4)cc3)cc21. The summed E-state index contributed by atoms with van der Waals surface area (Å²) in [5, 5.41) is 0. The smallest absolute Gasteiger partial charge is 0.0463 e. The van der Waals surface area contributed by atoms with Gasteiger partial charge in [-0.1, -0.05) is 350 Å². The Labute approximate surface area is 727 Å². The highest BCUT2D eigenvalue weighted by Crippen LogP contribution is 2.58. The first-order chi connectivity index (χ1) is 59.4. The number of benzene rings is 13. The average Bonchev–Trinajstić information content (AvgIpc) is 1.57. The van der Waals surface area contributed by atoms with E-state index < -0.39 is 0 Å². The van der Waals surface area contributed by atoms with E-state index in [1.165, 1.54) is 267 Å². The van der Waals surface area contributed by atoms with Crippen LogP contribution < -0.4 is 19.6 Å². The van der Waals surface area contributed by atoms with Gasteiger partial charge in [0.2, 0.25) is 0 Å². The number of hydrogen-bond acceptors (Lipinski definition) is 4. The average molecular weight is 1590 g/mol. The van der Waals surface area contributed by atoms with Crippen LogP contribution in [0.25, 0.3) is 66.8 Å². The molecule has 0 unspecified atom stereocenters. The number of unbranched alkanes of at least 4 members (excludes halogenated alkanes) is 20. The minimum absolute atomic E-state index is 0.0218. The molecule has 4 heteroatoms. The Bertz CT molecular complexity index is 5410. The van der Waals surface area contributed by atoms with Gasteiger partial charge in [-0.25, -0.2) is 0 Å². The van der Waals surface area contributed by atoms with E-state index in [2.05, 4.69) is 379 Å². The van der Waals surface area contributed by atoms with Crippen molar-refractivity contribution in [2.45, 2.75) is 239 Å². The van der Waals surface area contributed by atoms with Crippen LogP contribution in [0, 0.1) is 20.8 Å². The highest BCUT2D eigenvalue weighted by Gasteiger charge is 2.45. The number of fused-ring (bicyclic) bond motifs is 6. The summed E-state index contributed by atoms with van der Waals surface area (Å²) in [6, 6.07) is 114. The minimum Gasteiger partial charge on any atom is -0.345 e. The van der Waals surface area contributed by atoms with Gasteiger partial charge in [-0.15, -0.1) is 0 Å². The van der Waals surface area contributed by atoms with E-state index in [1.54, 1.807) is 11.1 Å². The molecule has 0 atom stereocenters. The van der Waals surface area contributed by atoms with E-state index in [9.17, 15) is 0 Å². The molecule has 0 spiro atoms. The Morgan fingerprint density at radius 3 is 0.636 bits per heavy atom. The van der Waals surface area contributed by atoms with Crippen LogP contribution >= 0.6 is 0 Å².